The lowest BCUT2D eigenvalue weighted by Crippen LogP contribution is -2.22. The molecule has 12 heteroatoms. The zero-order valence-corrected chi connectivity index (χ0v) is 22.8. The lowest BCUT2D eigenvalue weighted by Gasteiger charge is -2.17. The molecule has 1 amide bonds. The molecule has 4 aromatic rings. The molecule has 0 aliphatic rings. The van der Waals surface area contributed by atoms with Gasteiger partial charge in [0.05, 0.1) is 29.8 Å². The summed E-state index contributed by atoms with van der Waals surface area (Å²) < 4.78 is 64.5. The number of hydrogen-bond acceptors (Lipinski definition) is 6. The number of esters is 1. The second-order valence-corrected chi connectivity index (χ2v) is 9.53. The van der Waals surface area contributed by atoms with E-state index >= 15 is 0 Å². The Morgan fingerprint density at radius 2 is 1.88 bits per heavy atom. The summed E-state index contributed by atoms with van der Waals surface area (Å²) in [4.78, 5) is 38.0. The predicted octanol–water partition coefficient (Wildman–Crippen LogP) is 7.04. The van der Waals surface area contributed by atoms with E-state index in [-0.39, 0.29) is 29.4 Å². The first kappa shape index (κ1) is 30.3. The van der Waals surface area contributed by atoms with Crippen LogP contribution in [0.1, 0.15) is 29.2 Å². The largest absolute Gasteiger partial charge is 0.506 e. The van der Waals surface area contributed by atoms with Gasteiger partial charge in [-0.3, -0.25) is 4.79 Å². The number of aromatic hydroxyl groups is 1. The van der Waals surface area contributed by atoms with Crippen LogP contribution in [-0.2, 0) is 26.9 Å². The molecule has 0 aliphatic carbocycles. The molecule has 0 spiro atoms. The van der Waals surface area contributed by atoms with Crippen LogP contribution in [0.25, 0.3) is 28.2 Å². The van der Waals surface area contributed by atoms with Crippen molar-refractivity contribution in [1.29, 1.82) is 0 Å². The van der Waals surface area contributed by atoms with Gasteiger partial charge in [-0.1, -0.05) is 29.8 Å². The van der Waals surface area contributed by atoms with Crippen molar-refractivity contribution < 1.29 is 41.4 Å². The predicted molar refractivity (Wildman–Crippen MR) is 149 cm³/mol. The van der Waals surface area contributed by atoms with E-state index in [1.807, 2.05) is 5.32 Å². The van der Waals surface area contributed by atoms with Crippen molar-refractivity contribution in [2.45, 2.75) is 26.4 Å². The van der Waals surface area contributed by atoms with Crippen molar-refractivity contribution in [3.63, 3.8) is 0 Å². The lowest BCUT2D eigenvalue weighted by atomic mass is 9.93. The summed E-state index contributed by atoms with van der Waals surface area (Å²) in [6.07, 6.45) is -3.18. The summed E-state index contributed by atoms with van der Waals surface area (Å²) in [7, 11) is 0. The number of hydrogen-bond donors (Lipinski definition) is 2. The van der Waals surface area contributed by atoms with E-state index in [2.05, 4.69) is 0 Å². The third-order valence-electron chi connectivity index (χ3n) is 6.14. The quantitative estimate of drug-likeness (QED) is 0.0771. The molecule has 0 radical (unpaired) electrons. The Kier molecular flexibility index (Phi) is 8.72. The van der Waals surface area contributed by atoms with Crippen molar-refractivity contribution in [3.05, 3.63) is 98.1 Å². The molecule has 0 saturated carbocycles. The average molecular weight is 604 g/mol. The number of carbonyl (C=O) groups excluding carboxylic acids is 2. The van der Waals surface area contributed by atoms with Crippen LogP contribution in [0.5, 0.6) is 5.75 Å². The maximum atomic E-state index is 13.6. The highest BCUT2D eigenvalue weighted by atomic mass is 35.5. The fourth-order valence-electron chi connectivity index (χ4n) is 4.30. The molecule has 2 N–H and O–H groups in total. The van der Waals surface area contributed by atoms with E-state index in [0.29, 0.717) is 33.2 Å². The number of phenolic OH excluding ortho intramolecular Hbond substituents is 1. The molecule has 1 aromatic heterocycles. The van der Waals surface area contributed by atoms with Crippen LogP contribution in [0.2, 0.25) is 5.02 Å². The van der Waals surface area contributed by atoms with Crippen molar-refractivity contribution >= 4 is 46.2 Å². The molecular weight excluding hydrogens is 582 g/mol. The topological polar surface area (TPSA) is 106 Å². The number of phenols is 1. The van der Waals surface area contributed by atoms with Gasteiger partial charge in [-0.05, 0) is 54.8 Å². The van der Waals surface area contributed by atoms with Gasteiger partial charge in [0.15, 0.2) is 0 Å². The molecule has 3 aromatic carbocycles. The van der Waals surface area contributed by atoms with E-state index < -0.39 is 52.9 Å². The molecule has 218 valence electrons. The molecule has 0 fully saturated rings. The van der Waals surface area contributed by atoms with Gasteiger partial charge in [0.25, 0.3) is 0 Å². The van der Waals surface area contributed by atoms with Gasteiger partial charge in [0.2, 0.25) is 5.91 Å². The lowest BCUT2D eigenvalue weighted by molar-refractivity contribution is -0.138. The van der Waals surface area contributed by atoms with Gasteiger partial charge in [-0.2, -0.15) is 13.2 Å². The summed E-state index contributed by atoms with van der Waals surface area (Å²) in [5.74, 6) is -4.19. The number of benzene rings is 3. The van der Waals surface area contributed by atoms with Crippen molar-refractivity contribution in [2.24, 2.45) is 0 Å². The number of fused-ring (bicyclic) bond motifs is 1. The van der Waals surface area contributed by atoms with E-state index in [1.165, 1.54) is 18.2 Å². The molecular formula is C30H22ClF4NO6. The summed E-state index contributed by atoms with van der Waals surface area (Å²) in [6, 6.07) is 10.2. The number of anilines is 1. The van der Waals surface area contributed by atoms with Gasteiger partial charge in [0, 0.05) is 34.2 Å². The minimum Gasteiger partial charge on any atom is -0.506 e. The molecule has 7 nitrogen and oxygen atoms in total. The number of nitrogens with one attached hydrogen (secondary N) is 1. The molecule has 42 heavy (non-hydrogen) atoms. The number of aryl methyl sites for hydroxylation is 1. The Labute approximate surface area is 241 Å². The summed E-state index contributed by atoms with van der Waals surface area (Å²) in [5, 5.41) is 12.6. The van der Waals surface area contributed by atoms with Crippen LogP contribution in [0.3, 0.4) is 0 Å². The zero-order chi connectivity index (χ0) is 30.8. The first-order valence-corrected chi connectivity index (χ1v) is 12.8. The smallest absolute Gasteiger partial charge is 0.418 e. The first-order valence-electron chi connectivity index (χ1n) is 12.4. The van der Waals surface area contributed by atoms with E-state index in [9.17, 15) is 37.1 Å². The Balaban J connectivity index is 1.84. The van der Waals surface area contributed by atoms with Crippen LogP contribution >= 0.6 is 11.6 Å². The highest BCUT2D eigenvalue weighted by Gasteiger charge is 2.36. The third kappa shape index (κ3) is 6.63. The fourth-order valence-corrected chi connectivity index (χ4v) is 4.46. The van der Waals surface area contributed by atoms with Gasteiger partial charge >= 0.3 is 17.8 Å². The van der Waals surface area contributed by atoms with Gasteiger partial charge in [-0.25, -0.2) is 14.0 Å². The highest BCUT2D eigenvalue weighted by Crippen LogP contribution is 2.40. The van der Waals surface area contributed by atoms with Crippen LogP contribution in [-0.4, -0.2) is 23.6 Å². The molecule has 1 heterocycles. The number of ether oxygens (including phenoxy) is 1. The van der Waals surface area contributed by atoms with Gasteiger partial charge < -0.3 is 19.6 Å². The fraction of sp³-hybridized carbons (Fsp3) is 0.167. The Bertz CT molecular complexity index is 1800. The summed E-state index contributed by atoms with van der Waals surface area (Å²) in [5.41, 5.74) is -1.93. The standard InChI is InChI=1S/C30H22ClF4NO6/c1-3-41-26(39)8-7-16-5-4-6-17(10-16)27-19-9-15(2)22(31)14-24(19)42-29(40)20(27)13-25(38)36-28-21(30(33,34)35)11-18(32)12-23(28)37/h4-12,14,37H,3,13H2,1-2H3,(H,36,38). The second-order valence-electron chi connectivity index (χ2n) is 9.12. The zero-order valence-electron chi connectivity index (χ0n) is 22.1. The first-order chi connectivity index (χ1) is 19.8. The number of halogens is 5. The SMILES string of the molecule is CCOC(=O)C=Cc1cccc(-c2c(CC(=O)Nc3c(O)cc(F)cc3C(F)(F)F)c(=O)oc3cc(Cl)c(C)cc23)c1. The monoisotopic (exact) mass is 603 g/mol. The van der Waals surface area contributed by atoms with Crippen LogP contribution in [0.15, 0.2) is 63.8 Å². The highest BCUT2D eigenvalue weighted by molar-refractivity contribution is 6.32. The van der Waals surface area contributed by atoms with E-state index in [1.54, 1.807) is 44.2 Å². The van der Waals surface area contributed by atoms with Gasteiger partial charge in [0.1, 0.15) is 17.1 Å². The normalized spacial score (nSPS) is 11.7. The number of alkyl halides is 3. The minimum atomic E-state index is -5.11. The van der Waals surface area contributed by atoms with Crippen LogP contribution in [0, 0.1) is 12.7 Å². The van der Waals surface area contributed by atoms with E-state index in [0.717, 1.165) is 0 Å². The Morgan fingerprint density at radius 1 is 1.14 bits per heavy atom. The minimum absolute atomic E-state index is 0.0952. The third-order valence-corrected chi connectivity index (χ3v) is 6.55. The van der Waals surface area contributed by atoms with Crippen molar-refractivity contribution in [2.75, 3.05) is 11.9 Å². The van der Waals surface area contributed by atoms with Crippen LogP contribution in [0.4, 0.5) is 23.2 Å². The van der Waals surface area contributed by atoms with Crippen LogP contribution < -0.4 is 10.9 Å². The maximum absolute atomic E-state index is 13.6. The Morgan fingerprint density at radius 3 is 2.57 bits per heavy atom. The van der Waals surface area contributed by atoms with Crippen molar-refractivity contribution in [1.82, 2.24) is 0 Å². The second kappa shape index (κ2) is 12.1. The van der Waals surface area contributed by atoms with E-state index in [4.69, 9.17) is 20.8 Å². The molecule has 0 atom stereocenters. The summed E-state index contributed by atoms with van der Waals surface area (Å²) in [6.45, 7) is 3.55. The van der Waals surface area contributed by atoms with Crippen molar-refractivity contribution in [3.8, 4) is 16.9 Å². The number of rotatable bonds is 7. The molecule has 0 aliphatic heterocycles. The number of carbonyl (C=O) groups is 2. The molecule has 0 bridgehead atoms. The van der Waals surface area contributed by atoms with Gasteiger partial charge in [-0.15, -0.1) is 0 Å². The molecule has 0 saturated heterocycles. The number of amides is 1. The maximum Gasteiger partial charge on any atom is 0.418 e. The Hall–Kier alpha value is -4.64. The summed E-state index contributed by atoms with van der Waals surface area (Å²) >= 11 is 6.23. The molecule has 4 rings (SSSR count). The average Bonchev–Trinajstić information content (AvgIpc) is 2.90. The molecule has 0 unspecified atom stereocenters.